The number of aliphatic imine (C=N–C) groups is 1. The maximum absolute atomic E-state index is 13.0. The van der Waals surface area contributed by atoms with Gasteiger partial charge < -0.3 is 4.42 Å². The van der Waals surface area contributed by atoms with Crippen molar-refractivity contribution >= 4 is 34.6 Å². The zero-order valence-electron chi connectivity index (χ0n) is 15.5. The molecule has 0 saturated carbocycles. The number of carbonyl (C=O) groups excluding carboxylic acids is 1. The van der Waals surface area contributed by atoms with Crippen LogP contribution in [0.15, 0.2) is 87.3 Å². The number of alkyl halides is 3. The number of amidine groups is 1. The van der Waals surface area contributed by atoms with Crippen molar-refractivity contribution in [2.45, 2.75) is 12.7 Å². The Labute approximate surface area is 174 Å². The molecule has 4 nitrogen and oxygen atoms in total. The van der Waals surface area contributed by atoms with Gasteiger partial charge in [-0.3, -0.25) is 9.69 Å². The van der Waals surface area contributed by atoms with Gasteiger partial charge in [0.2, 0.25) is 0 Å². The lowest BCUT2D eigenvalue weighted by Gasteiger charge is -2.13. The largest absolute Gasteiger partial charge is 0.467 e. The molecule has 0 bridgehead atoms. The van der Waals surface area contributed by atoms with Crippen LogP contribution in [0, 0.1) is 0 Å². The van der Waals surface area contributed by atoms with Crippen molar-refractivity contribution < 1.29 is 22.4 Å². The van der Waals surface area contributed by atoms with Crippen molar-refractivity contribution in [3.05, 3.63) is 94.8 Å². The summed E-state index contributed by atoms with van der Waals surface area (Å²) in [7, 11) is 0. The fourth-order valence-electron chi connectivity index (χ4n) is 2.86. The molecular weight excluding hydrogens is 413 g/mol. The van der Waals surface area contributed by atoms with Gasteiger partial charge in [-0.2, -0.15) is 13.2 Å². The third-order valence-corrected chi connectivity index (χ3v) is 5.28. The van der Waals surface area contributed by atoms with Crippen LogP contribution in [0.3, 0.4) is 0 Å². The maximum atomic E-state index is 13.0. The molecule has 1 amide bonds. The fraction of sp³-hybridized carbons (Fsp3) is 0.0909. The van der Waals surface area contributed by atoms with Gasteiger partial charge in [-0.25, -0.2) is 4.99 Å². The molecule has 0 aliphatic carbocycles. The number of para-hydroxylation sites is 1. The molecule has 0 spiro atoms. The van der Waals surface area contributed by atoms with E-state index < -0.39 is 11.7 Å². The van der Waals surface area contributed by atoms with Crippen LogP contribution >= 0.6 is 11.8 Å². The molecule has 30 heavy (non-hydrogen) atoms. The summed E-state index contributed by atoms with van der Waals surface area (Å²) in [5.41, 5.74) is 0.190. The summed E-state index contributed by atoms with van der Waals surface area (Å²) in [6.45, 7) is 0.171. The summed E-state index contributed by atoms with van der Waals surface area (Å²) in [6, 6.07) is 17.4. The monoisotopic (exact) mass is 428 g/mol. The molecule has 3 aromatic rings. The van der Waals surface area contributed by atoms with E-state index in [0.29, 0.717) is 22.2 Å². The predicted octanol–water partition coefficient (Wildman–Crippen LogP) is 6.10. The topological polar surface area (TPSA) is 45.8 Å². The normalized spacial score (nSPS) is 17.3. The summed E-state index contributed by atoms with van der Waals surface area (Å²) in [5, 5.41) is 0.431. The van der Waals surface area contributed by atoms with Gasteiger partial charge >= 0.3 is 6.18 Å². The van der Waals surface area contributed by atoms with Crippen LogP contribution < -0.4 is 0 Å². The SMILES string of the molecule is O=C1C(=Cc2cccc(C(F)(F)F)c2)SC(=Nc2ccccc2)N1Cc1ccco1. The minimum Gasteiger partial charge on any atom is -0.467 e. The molecular formula is C22H15F3N2O2S. The highest BCUT2D eigenvalue weighted by molar-refractivity contribution is 8.18. The minimum atomic E-state index is -4.45. The van der Waals surface area contributed by atoms with Crippen LogP contribution in [-0.4, -0.2) is 16.0 Å². The van der Waals surface area contributed by atoms with Crippen molar-refractivity contribution in [1.29, 1.82) is 0 Å². The molecule has 0 N–H and O–H groups in total. The first-order chi connectivity index (χ1) is 14.4. The number of nitrogens with zero attached hydrogens (tertiary/aromatic N) is 2. The standard InChI is InChI=1S/C22H15F3N2O2S/c23-22(24,25)16-7-4-6-15(12-16)13-19-20(28)27(14-18-10-5-11-29-18)21(30-19)26-17-8-2-1-3-9-17/h1-13H,14H2. The molecule has 1 saturated heterocycles. The van der Waals surface area contributed by atoms with Crippen LogP contribution in [0.2, 0.25) is 0 Å². The summed E-state index contributed by atoms with van der Waals surface area (Å²) in [5.74, 6) is 0.230. The number of thioether (sulfide) groups is 1. The van der Waals surface area contributed by atoms with Gasteiger partial charge in [-0.05, 0) is 59.8 Å². The lowest BCUT2D eigenvalue weighted by Crippen LogP contribution is -2.28. The lowest BCUT2D eigenvalue weighted by molar-refractivity contribution is -0.137. The molecule has 0 atom stereocenters. The van der Waals surface area contributed by atoms with Crippen LogP contribution in [0.25, 0.3) is 6.08 Å². The molecule has 2 aromatic carbocycles. The third kappa shape index (κ3) is 4.49. The number of carbonyl (C=O) groups is 1. The average Bonchev–Trinajstić information content (AvgIpc) is 3.33. The Balaban J connectivity index is 1.69. The van der Waals surface area contributed by atoms with E-state index in [1.807, 2.05) is 18.2 Å². The van der Waals surface area contributed by atoms with Crippen LogP contribution in [0.5, 0.6) is 0 Å². The number of amides is 1. The van der Waals surface area contributed by atoms with Gasteiger partial charge in [-0.1, -0.05) is 30.3 Å². The average molecular weight is 428 g/mol. The molecule has 2 heterocycles. The Kier molecular flexibility index (Phi) is 5.50. The minimum absolute atomic E-state index is 0.171. The van der Waals surface area contributed by atoms with Gasteiger partial charge in [0, 0.05) is 0 Å². The van der Waals surface area contributed by atoms with Crippen LogP contribution in [0.4, 0.5) is 18.9 Å². The van der Waals surface area contributed by atoms with Gasteiger partial charge in [0.25, 0.3) is 5.91 Å². The highest BCUT2D eigenvalue weighted by Crippen LogP contribution is 2.36. The quantitative estimate of drug-likeness (QED) is 0.472. The summed E-state index contributed by atoms with van der Waals surface area (Å²) in [6.07, 6.45) is -1.49. The summed E-state index contributed by atoms with van der Waals surface area (Å²) in [4.78, 5) is 19.3. The van der Waals surface area contributed by atoms with Crippen LogP contribution in [0.1, 0.15) is 16.9 Å². The van der Waals surface area contributed by atoms with Crippen molar-refractivity contribution in [1.82, 2.24) is 4.90 Å². The van der Waals surface area contributed by atoms with E-state index in [0.717, 1.165) is 23.9 Å². The molecule has 0 radical (unpaired) electrons. The highest BCUT2D eigenvalue weighted by atomic mass is 32.2. The van der Waals surface area contributed by atoms with Crippen molar-refractivity contribution in [2.75, 3.05) is 0 Å². The number of benzene rings is 2. The molecule has 152 valence electrons. The van der Waals surface area contributed by atoms with E-state index in [2.05, 4.69) is 4.99 Å². The number of hydrogen-bond acceptors (Lipinski definition) is 4. The van der Waals surface area contributed by atoms with Crippen molar-refractivity contribution in [3.63, 3.8) is 0 Å². The van der Waals surface area contributed by atoms with Gasteiger partial charge in [-0.15, -0.1) is 0 Å². The molecule has 0 unspecified atom stereocenters. The molecule has 1 aliphatic rings. The summed E-state index contributed by atoms with van der Waals surface area (Å²) >= 11 is 1.12. The first-order valence-corrected chi connectivity index (χ1v) is 9.76. The Bertz CT molecular complexity index is 1110. The predicted molar refractivity (Wildman–Crippen MR) is 110 cm³/mol. The van der Waals surface area contributed by atoms with Gasteiger partial charge in [0.05, 0.1) is 29.0 Å². The first-order valence-electron chi connectivity index (χ1n) is 8.95. The fourth-order valence-corrected chi connectivity index (χ4v) is 3.86. The Morgan fingerprint density at radius 3 is 2.53 bits per heavy atom. The van der Waals surface area contributed by atoms with E-state index in [1.165, 1.54) is 29.4 Å². The molecule has 1 aromatic heterocycles. The Hall–Kier alpha value is -3.26. The first kappa shape index (κ1) is 20.0. The van der Waals surface area contributed by atoms with Crippen LogP contribution in [-0.2, 0) is 17.5 Å². The molecule has 1 fully saturated rings. The molecule has 4 rings (SSSR count). The summed E-state index contributed by atoms with van der Waals surface area (Å²) < 4.78 is 44.4. The molecule has 1 aliphatic heterocycles. The van der Waals surface area contributed by atoms with Crippen molar-refractivity contribution in [2.24, 2.45) is 4.99 Å². The lowest BCUT2D eigenvalue weighted by atomic mass is 10.1. The number of rotatable bonds is 4. The zero-order chi connectivity index (χ0) is 21.1. The second-order valence-electron chi connectivity index (χ2n) is 6.43. The van der Waals surface area contributed by atoms with Crippen molar-refractivity contribution in [3.8, 4) is 0 Å². The second-order valence-corrected chi connectivity index (χ2v) is 7.44. The zero-order valence-corrected chi connectivity index (χ0v) is 16.3. The van der Waals surface area contributed by atoms with E-state index in [-0.39, 0.29) is 17.4 Å². The number of hydrogen-bond donors (Lipinski definition) is 0. The smallest absolute Gasteiger partial charge is 0.416 e. The van der Waals surface area contributed by atoms with Gasteiger partial charge in [0.1, 0.15) is 5.76 Å². The Morgan fingerprint density at radius 1 is 1.03 bits per heavy atom. The second kappa shape index (κ2) is 8.23. The third-order valence-electron chi connectivity index (χ3n) is 4.27. The van der Waals surface area contributed by atoms with E-state index in [1.54, 1.807) is 24.3 Å². The van der Waals surface area contributed by atoms with E-state index >= 15 is 0 Å². The number of furan rings is 1. The highest BCUT2D eigenvalue weighted by Gasteiger charge is 2.34. The Morgan fingerprint density at radius 2 is 1.83 bits per heavy atom. The van der Waals surface area contributed by atoms with E-state index in [4.69, 9.17) is 4.42 Å². The van der Waals surface area contributed by atoms with Gasteiger partial charge in [0.15, 0.2) is 5.17 Å². The number of halogens is 3. The maximum Gasteiger partial charge on any atom is 0.416 e. The van der Waals surface area contributed by atoms with E-state index in [9.17, 15) is 18.0 Å². The molecule has 8 heteroatoms.